The highest BCUT2D eigenvalue weighted by Crippen LogP contribution is 2.65. The van der Waals surface area contributed by atoms with E-state index >= 15 is 0 Å². The van der Waals surface area contributed by atoms with Gasteiger partial charge in [0.1, 0.15) is 0 Å². The Morgan fingerprint density at radius 3 is 2.00 bits per heavy atom. The molecule has 2 bridgehead atoms. The quantitative estimate of drug-likeness (QED) is 0.534. The van der Waals surface area contributed by atoms with Crippen LogP contribution in [0.25, 0.3) is 0 Å². The predicted octanol–water partition coefficient (Wildman–Crippen LogP) is 5.30. The molecule has 30 heavy (non-hydrogen) atoms. The van der Waals surface area contributed by atoms with Crippen LogP contribution in [0.5, 0.6) is 0 Å². The predicted molar refractivity (Wildman–Crippen MR) is 117 cm³/mol. The Morgan fingerprint density at radius 2 is 1.40 bits per heavy atom. The van der Waals surface area contributed by atoms with Crippen LogP contribution in [0, 0.1) is 11.8 Å². The Bertz CT molecular complexity index is 1190. The minimum absolute atomic E-state index is 0.111. The van der Waals surface area contributed by atoms with Crippen LogP contribution in [0.1, 0.15) is 41.5 Å². The van der Waals surface area contributed by atoms with Crippen LogP contribution in [0.15, 0.2) is 72.8 Å². The Labute approximate surface area is 180 Å². The fourth-order valence-corrected chi connectivity index (χ4v) is 6.62. The molecule has 4 aliphatic rings. The summed E-state index contributed by atoms with van der Waals surface area (Å²) < 4.78 is 0. The number of nitrogens with zero attached hydrogens (tertiary/aromatic N) is 1. The molecule has 0 spiro atoms. The average molecular weight is 414 g/mol. The second kappa shape index (κ2) is 6.05. The molecule has 7 rings (SSSR count). The fourth-order valence-electron chi connectivity index (χ4n) is 6.40. The number of imide groups is 1. The average Bonchev–Trinajstić information content (AvgIpc) is 3.05. The molecular weight excluding hydrogens is 394 g/mol. The summed E-state index contributed by atoms with van der Waals surface area (Å²) in [5.41, 5.74) is 4.74. The summed E-state index contributed by atoms with van der Waals surface area (Å²) >= 11 is 6.42. The number of rotatable bonds is 2. The highest BCUT2D eigenvalue weighted by molar-refractivity contribution is 6.36. The molecule has 0 radical (unpaired) electrons. The first-order chi connectivity index (χ1) is 14.6. The molecule has 0 N–H and O–H groups in total. The summed E-state index contributed by atoms with van der Waals surface area (Å²) in [6.07, 6.45) is 0.754. The third-order valence-electron chi connectivity index (χ3n) is 7.45. The van der Waals surface area contributed by atoms with Crippen molar-refractivity contribution < 1.29 is 9.59 Å². The van der Waals surface area contributed by atoms with Crippen LogP contribution in [-0.2, 0) is 15.0 Å². The number of para-hydroxylation sites is 1. The molecule has 1 heterocycles. The zero-order chi connectivity index (χ0) is 20.6. The van der Waals surface area contributed by atoms with Gasteiger partial charge in [0.25, 0.3) is 0 Å². The Hall–Kier alpha value is -2.91. The van der Waals surface area contributed by atoms with Crippen LogP contribution in [0.4, 0.5) is 5.69 Å². The molecule has 3 nitrogen and oxygen atoms in total. The van der Waals surface area contributed by atoms with E-state index in [1.807, 2.05) is 36.4 Å². The van der Waals surface area contributed by atoms with Crippen molar-refractivity contribution in [3.63, 3.8) is 0 Å². The molecule has 1 fully saturated rings. The number of carbonyl (C=O) groups is 2. The van der Waals surface area contributed by atoms with Gasteiger partial charge in [-0.1, -0.05) is 79.2 Å². The number of amides is 2. The van der Waals surface area contributed by atoms with E-state index in [9.17, 15) is 9.59 Å². The monoisotopic (exact) mass is 413 g/mol. The first-order valence-electron chi connectivity index (χ1n) is 10.4. The van der Waals surface area contributed by atoms with E-state index in [0.29, 0.717) is 10.7 Å². The first kappa shape index (κ1) is 17.9. The van der Waals surface area contributed by atoms with Gasteiger partial charge >= 0.3 is 0 Å². The summed E-state index contributed by atoms with van der Waals surface area (Å²) in [4.78, 5) is 29.1. The van der Waals surface area contributed by atoms with Crippen molar-refractivity contribution in [2.24, 2.45) is 11.8 Å². The van der Waals surface area contributed by atoms with Gasteiger partial charge in [0.2, 0.25) is 11.8 Å². The Kier molecular flexibility index (Phi) is 3.61. The van der Waals surface area contributed by atoms with Crippen molar-refractivity contribution in [2.45, 2.75) is 24.7 Å². The van der Waals surface area contributed by atoms with Gasteiger partial charge in [0.05, 0.1) is 22.5 Å². The number of anilines is 1. The molecule has 3 aromatic rings. The Morgan fingerprint density at radius 1 is 0.833 bits per heavy atom. The summed E-state index contributed by atoms with van der Waals surface area (Å²) in [7, 11) is 0. The highest BCUT2D eigenvalue weighted by atomic mass is 35.5. The van der Waals surface area contributed by atoms with Gasteiger partial charge in [-0.05, 0) is 40.8 Å². The van der Waals surface area contributed by atoms with Crippen molar-refractivity contribution in [1.82, 2.24) is 0 Å². The molecule has 1 saturated heterocycles. The summed E-state index contributed by atoms with van der Waals surface area (Å²) in [6.45, 7) is 2.13. The second-order valence-corrected chi connectivity index (χ2v) is 8.85. The lowest BCUT2D eigenvalue weighted by Crippen LogP contribution is -2.53. The minimum Gasteiger partial charge on any atom is -0.274 e. The summed E-state index contributed by atoms with van der Waals surface area (Å²) in [6, 6.07) is 23.8. The van der Waals surface area contributed by atoms with Gasteiger partial charge in [-0.2, -0.15) is 0 Å². The highest BCUT2D eigenvalue weighted by Gasteiger charge is 2.67. The largest absolute Gasteiger partial charge is 0.274 e. The number of carbonyl (C=O) groups excluding carboxylic acids is 2. The van der Waals surface area contributed by atoms with Crippen LogP contribution in [0.3, 0.4) is 0 Å². The SMILES string of the molecule is CCC12c3ccccc3C(c3ccccc31)[C@H]1C(=O)N(c3ccccc3Cl)C(=O)[C@@H]12. The molecular formula is C26H20ClNO2. The lowest BCUT2D eigenvalue weighted by molar-refractivity contribution is -0.123. The van der Waals surface area contributed by atoms with Crippen molar-refractivity contribution in [2.75, 3.05) is 4.90 Å². The Balaban J connectivity index is 1.66. The van der Waals surface area contributed by atoms with Crippen LogP contribution >= 0.6 is 11.6 Å². The van der Waals surface area contributed by atoms with Crippen molar-refractivity contribution in [3.05, 3.63) is 100 Å². The molecule has 3 aromatic carbocycles. The molecule has 2 atom stereocenters. The first-order valence-corrected chi connectivity index (χ1v) is 10.8. The molecule has 0 saturated carbocycles. The van der Waals surface area contributed by atoms with E-state index in [1.54, 1.807) is 12.1 Å². The molecule has 0 unspecified atom stereocenters. The smallest absolute Gasteiger partial charge is 0.239 e. The van der Waals surface area contributed by atoms with Crippen molar-refractivity contribution >= 4 is 29.1 Å². The summed E-state index contributed by atoms with van der Waals surface area (Å²) in [5.74, 6) is -1.20. The van der Waals surface area contributed by atoms with Gasteiger partial charge in [-0.3, -0.25) is 9.59 Å². The normalized spacial score (nSPS) is 28.3. The lowest BCUT2D eigenvalue weighted by Gasteiger charge is -2.54. The standard InChI is InChI=1S/C26H20ClNO2/c1-2-26-17-11-5-3-9-15(17)21(16-10-4-6-12-18(16)26)22-23(26)25(30)28(24(22)29)20-14-8-7-13-19(20)27/h3-14,21-23H,2H2,1H3/t21?,22-,23-,26?/m1/s1. The van der Waals surface area contributed by atoms with E-state index in [1.165, 1.54) is 27.2 Å². The van der Waals surface area contributed by atoms with E-state index in [2.05, 4.69) is 31.2 Å². The lowest BCUT2D eigenvalue weighted by atomic mass is 9.46. The van der Waals surface area contributed by atoms with Gasteiger partial charge in [-0.25, -0.2) is 4.90 Å². The maximum atomic E-state index is 13.9. The molecule has 1 aliphatic heterocycles. The zero-order valence-electron chi connectivity index (χ0n) is 16.5. The van der Waals surface area contributed by atoms with Crippen LogP contribution < -0.4 is 4.90 Å². The van der Waals surface area contributed by atoms with E-state index in [-0.39, 0.29) is 17.7 Å². The number of hydrogen-bond acceptors (Lipinski definition) is 2. The van der Waals surface area contributed by atoms with E-state index in [4.69, 9.17) is 11.6 Å². The molecule has 0 aromatic heterocycles. The summed E-state index contributed by atoms with van der Waals surface area (Å²) in [5, 5.41) is 0.422. The zero-order valence-corrected chi connectivity index (χ0v) is 17.3. The van der Waals surface area contributed by atoms with Crippen molar-refractivity contribution in [1.29, 1.82) is 0 Å². The molecule has 2 amide bonds. The molecule has 4 heteroatoms. The third-order valence-corrected chi connectivity index (χ3v) is 7.76. The number of benzene rings is 3. The van der Waals surface area contributed by atoms with Gasteiger partial charge in [-0.15, -0.1) is 0 Å². The van der Waals surface area contributed by atoms with Gasteiger partial charge < -0.3 is 0 Å². The minimum atomic E-state index is -0.505. The third kappa shape index (κ3) is 1.92. The van der Waals surface area contributed by atoms with E-state index < -0.39 is 17.3 Å². The number of hydrogen-bond donors (Lipinski definition) is 0. The van der Waals surface area contributed by atoms with Gasteiger partial charge in [0, 0.05) is 11.3 Å². The number of halogens is 1. The molecule has 148 valence electrons. The van der Waals surface area contributed by atoms with Gasteiger partial charge in [0.15, 0.2) is 0 Å². The second-order valence-electron chi connectivity index (χ2n) is 8.44. The molecule has 3 aliphatic carbocycles. The van der Waals surface area contributed by atoms with Crippen LogP contribution in [-0.4, -0.2) is 11.8 Å². The topological polar surface area (TPSA) is 37.4 Å². The van der Waals surface area contributed by atoms with E-state index in [0.717, 1.165) is 6.42 Å². The maximum Gasteiger partial charge on any atom is 0.239 e. The fraction of sp³-hybridized carbons (Fsp3) is 0.231. The van der Waals surface area contributed by atoms with Crippen LogP contribution in [0.2, 0.25) is 5.02 Å². The maximum absolute atomic E-state index is 13.9. The van der Waals surface area contributed by atoms with Crippen molar-refractivity contribution in [3.8, 4) is 0 Å².